The van der Waals surface area contributed by atoms with Crippen LogP contribution in [0.4, 0.5) is 16.0 Å². The van der Waals surface area contributed by atoms with Gasteiger partial charge in [-0.15, -0.1) is 0 Å². The minimum absolute atomic E-state index is 0.0686. The summed E-state index contributed by atoms with van der Waals surface area (Å²) in [7, 11) is 0. The number of aliphatic hydroxyl groups is 1. The Hall–Kier alpha value is -3.84. The van der Waals surface area contributed by atoms with Gasteiger partial charge in [0.25, 0.3) is 5.91 Å². The molecule has 5 N–H and O–H groups in total. The van der Waals surface area contributed by atoms with E-state index in [1.165, 1.54) is 24.5 Å². The van der Waals surface area contributed by atoms with Crippen LogP contribution in [-0.4, -0.2) is 45.2 Å². The number of halogens is 1. The van der Waals surface area contributed by atoms with E-state index < -0.39 is 17.8 Å². The van der Waals surface area contributed by atoms with Crippen molar-refractivity contribution >= 4 is 28.4 Å². The number of fused-ring (bicyclic) bond motifs is 1. The SMILES string of the molecule is C[C@H](O)CNC(=O)c1cc2cc(F)ccc2nc1CCNc1ncnc(N)c1C#N. The van der Waals surface area contributed by atoms with Crippen LogP contribution in [0.15, 0.2) is 30.6 Å². The molecule has 0 fully saturated rings. The van der Waals surface area contributed by atoms with Crippen LogP contribution in [0.5, 0.6) is 0 Å². The first-order valence-corrected chi connectivity index (χ1v) is 9.19. The molecule has 1 atom stereocenters. The monoisotopic (exact) mass is 409 g/mol. The number of hydrogen-bond donors (Lipinski definition) is 4. The Labute approximate surface area is 171 Å². The fourth-order valence-corrected chi connectivity index (χ4v) is 2.85. The smallest absolute Gasteiger partial charge is 0.253 e. The fourth-order valence-electron chi connectivity index (χ4n) is 2.85. The van der Waals surface area contributed by atoms with Gasteiger partial charge in [0.1, 0.15) is 35.4 Å². The first-order chi connectivity index (χ1) is 14.4. The van der Waals surface area contributed by atoms with E-state index in [1.54, 1.807) is 13.0 Å². The van der Waals surface area contributed by atoms with E-state index in [0.29, 0.717) is 29.6 Å². The number of nitrogen functional groups attached to an aromatic ring is 1. The highest BCUT2D eigenvalue weighted by Gasteiger charge is 2.16. The Balaban J connectivity index is 1.87. The van der Waals surface area contributed by atoms with E-state index in [2.05, 4.69) is 25.6 Å². The largest absolute Gasteiger partial charge is 0.392 e. The molecule has 3 rings (SSSR count). The number of nitrogens with one attached hydrogen (secondary N) is 2. The number of amides is 1. The molecule has 3 aromatic rings. The third kappa shape index (κ3) is 4.76. The van der Waals surface area contributed by atoms with Crippen molar-refractivity contribution in [1.29, 1.82) is 5.26 Å². The van der Waals surface area contributed by atoms with Crippen molar-refractivity contribution in [1.82, 2.24) is 20.3 Å². The lowest BCUT2D eigenvalue weighted by molar-refractivity contribution is 0.0923. The fraction of sp³-hybridized carbons (Fsp3) is 0.250. The summed E-state index contributed by atoms with van der Waals surface area (Å²) in [5.41, 5.74) is 7.11. The van der Waals surface area contributed by atoms with Gasteiger partial charge in [0.2, 0.25) is 0 Å². The summed E-state index contributed by atoms with van der Waals surface area (Å²) in [6, 6.07) is 7.66. The van der Waals surface area contributed by atoms with Crippen molar-refractivity contribution in [3.05, 3.63) is 53.2 Å². The summed E-state index contributed by atoms with van der Waals surface area (Å²) in [4.78, 5) is 24.9. The van der Waals surface area contributed by atoms with E-state index in [4.69, 9.17) is 5.73 Å². The van der Waals surface area contributed by atoms with Crippen LogP contribution in [-0.2, 0) is 6.42 Å². The highest BCUT2D eigenvalue weighted by molar-refractivity contribution is 5.98. The predicted octanol–water partition coefficient (Wildman–Crippen LogP) is 1.38. The van der Waals surface area contributed by atoms with Crippen molar-refractivity contribution < 1.29 is 14.3 Å². The standard InChI is InChI=1S/C20H20FN7O2/c1-11(29)9-25-20(30)14-7-12-6-13(21)2-3-16(12)28-17(14)4-5-24-19-15(8-22)18(23)26-10-27-19/h2-3,6-7,10-11,29H,4-5,9H2,1H3,(H,25,30)(H3,23,24,26,27)/t11-/m0/s1. The number of nitrogens with zero attached hydrogens (tertiary/aromatic N) is 4. The van der Waals surface area contributed by atoms with Gasteiger partial charge in [-0.1, -0.05) is 0 Å². The van der Waals surface area contributed by atoms with E-state index in [1.807, 2.05) is 6.07 Å². The summed E-state index contributed by atoms with van der Waals surface area (Å²) in [5.74, 6) is -0.500. The maximum Gasteiger partial charge on any atom is 0.253 e. The molecule has 0 saturated heterocycles. The van der Waals surface area contributed by atoms with Crippen LogP contribution >= 0.6 is 0 Å². The average Bonchev–Trinajstić information content (AvgIpc) is 2.71. The normalized spacial score (nSPS) is 11.7. The number of carbonyl (C=O) groups is 1. The van der Waals surface area contributed by atoms with Gasteiger partial charge in [0.15, 0.2) is 0 Å². The molecule has 1 amide bonds. The number of hydrogen-bond acceptors (Lipinski definition) is 8. The quantitative estimate of drug-likeness (QED) is 0.457. The lowest BCUT2D eigenvalue weighted by atomic mass is 10.1. The van der Waals surface area contributed by atoms with Gasteiger partial charge in [0, 0.05) is 24.9 Å². The number of aromatic nitrogens is 3. The molecule has 0 aliphatic carbocycles. The van der Waals surface area contributed by atoms with E-state index in [0.717, 1.165) is 0 Å². The summed E-state index contributed by atoms with van der Waals surface area (Å²) in [6.07, 6.45) is 0.855. The van der Waals surface area contributed by atoms with Crippen molar-refractivity contribution in [3.8, 4) is 6.07 Å². The van der Waals surface area contributed by atoms with E-state index in [9.17, 15) is 19.6 Å². The average molecular weight is 409 g/mol. The van der Waals surface area contributed by atoms with Gasteiger partial charge in [0.05, 0.1) is 22.9 Å². The van der Waals surface area contributed by atoms with Gasteiger partial charge in [-0.05, 0) is 31.2 Å². The number of pyridine rings is 1. The van der Waals surface area contributed by atoms with E-state index in [-0.39, 0.29) is 29.3 Å². The van der Waals surface area contributed by atoms with Gasteiger partial charge in [-0.3, -0.25) is 9.78 Å². The Bertz CT molecular complexity index is 1130. The zero-order valence-electron chi connectivity index (χ0n) is 16.2. The molecule has 0 aliphatic heterocycles. The second-order valence-electron chi connectivity index (χ2n) is 6.65. The Morgan fingerprint density at radius 1 is 1.37 bits per heavy atom. The molecular formula is C20H20FN7O2. The molecule has 1 aromatic carbocycles. The van der Waals surface area contributed by atoms with Crippen LogP contribution in [0.1, 0.15) is 28.5 Å². The molecule has 0 bridgehead atoms. The number of carbonyl (C=O) groups excluding carboxylic acids is 1. The highest BCUT2D eigenvalue weighted by atomic mass is 19.1. The minimum Gasteiger partial charge on any atom is -0.392 e. The van der Waals surface area contributed by atoms with Gasteiger partial charge in [-0.25, -0.2) is 14.4 Å². The predicted molar refractivity (Wildman–Crippen MR) is 109 cm³/mol. The number of nitrogens with two attached hydrogens (primary N) is 1. The van der Waals surface area contributed by atoms with Crippen molar-refractivity contribution in [3.63, 3.8) is 0 Å². The zero-order chi connectivity index (χ0) is 21.7. The molecular weight excluding hydrogens is 389 g/mol. The number of nitriles is 1. The van der Waals surface area contributed by atoms with Crippen molar-refractivity contribution in [2.45, 2.75) is 19.4 Å². The topological polar surface area (TPSA) is 150 Å². The van der Waals surface area contributed by atoms with Gasteiger partial charge in [-0.2, -0.15) is 5.26 Å². The van der Waals surface area contributed by atoms with E-state index >= 15 is 0 Å². The second kappa shape index (κ2) is 9.11. The van der Waals surface area contributed by atoms with Gasteiger partial charge < -0.3 is 21.5 Å². The first-order valence-electron chi connectivity index (χ1n) is 9.19. The maximum atomic E-state index is 13.6. The number of aliphatic hydroxyl groups excluding tert-OH is 1. The Morgan fingerprint density at radius 3 is 2.90 bits per heavy atom. The molecule has 2 aromatic heterocycles. The van der Waals surface area contributed by atoms with Crippen LogP contribution in [0.25, 0.3) is 10.9 Å². The Kier molecular flexibility index (Phi) is 6.34. The summed E-state index contributed by atoms with van der Waals surface area (Å²) in [6.45, 7) is 1.93. The highest BCUT2D eigenvalue weighted by Crippen LogP contribution is 2.20. The van der Waals surface area contributed by atoms with Crippen LogP contribution in [0.3, 0.4) is 0 Å². The third-order valence-corrected chi connectivity index (χ3v) is 4.30. The van der Waals surface area contributed by atoms with Crippen LogP contribution in [0, 0.1) is 17.1 Å². The molecule has 9 nitrogen and oxygen atoms in total. The van der Waals surface area contributed by atoms with Crippen molar-refractivity contribution in [2.24, 2.45) is 0 Å². The molecule has 0 unspecified atom stereocenters. The molecule has 10 heteroatoms. The van der Waals surface area contributed by atoms with Crippen molar-refractivity contribution in [2.75, 3.05) is 24.1 Å². The van der Waals surface area contributed by atoms with Gasteiger partial charge >= 0.3 is 0 Å². The third-order valence-electron chi connectivity index (χ3n) is 4.30. The Morgan fingerprint density at radius 2 is 2.17 bits per heavy atom. The molecule has 30 heavy (non-hydrogen) atoms. The summed E-state index contributed by atoms with van der Waals surface area (Å²) < 4.78 is 13.6. The first kappa shape index (κ1) is 20.9. The van der Waals surface area contributed by atoms with Crippen LogP contribution < -0.4 is 16.4 Å². The number of anilines is 2. The molecule has 0 radical (unpaired) electrons. The molecule has 0 aliphatic rings. The lowest BCUT2D eigenvalue weighted by Gasteiger charge is -2.13. The number of rotatable bonds is 7. The number of benzene rings is 1. The lowest BCUT2D eigenvalue weighted by Crippen LogP contribution is -2.31. The summed E-state index contributed by atoms with van der Waals surface area (Å²) in [5, 5.41) is 24.8. The van der Waals surface area contributed by atoms with Crippen LogP contribution in [0.2, 0.25) is 0 Å². The minimum atomic E-state index is -0.711. The molecule has 0 saturated carbocycles. The molecule has 2 heterocycles. The maximum absolute atomic E-state index is 13.6. The zero-order valence-corrected chi connectivity index (χ0v) is 16.2. The summed E-state index contributed by atoms with van der Waals surface area (Å²) >= 11 is 0. The second-order valence-corrected chi connectivity index (χ2v) is 6.65. The molecule has 154 valence electrons. The molecule has 0 spiro atoms.